The largest absolute Gasteiger partial charge is 0.396 e. The second-order valence-corrected chi connectivity index (χ2v) is 6.68. The lowest BCUT2D eigenvalue weighted by atomic mass is 9.79. The fraction of sp³-hybridized carbons (Fsp3) is 1.00. The molecule has 0 spiro atoms. The summed E-state index contributed by atoms with van der Waals surface area (Å²) < 4.78 is 22.6. The Kier molecular flexibility index (Phi) is 6.44. The van der Waals surface area contributed by atoms with E-state index >= 15 is 0 Å². The summed E-state index contributed by atoms with van der Waals surface area (Å²) in [6, 6.07) is 0. The quantitative estimate of drug-likeness (QED) is 0.701. The van der Waals surface area contributed by atoms with Gasteiger partial charge in [0, 0.05) is 12.4 Å². The molecule has 0 radical (unpaired) electrons. The first-order chi connectivity index (χ1) is 6.95. The minimum absolute atomic E-state index is 0.0662. The average Bonchev–Trinajstić information content (AvgIpc) is 2.25. The Balaban J connectivity index is 4.13. The highest BCUT2D eigenvalue weighted by molar-refractivity contribution is 7.91. The molecule has 0 aromatic rings. The van der Waals surface area contributed by atoms with Crippen LogP contribution in [0.5, 0.6) is 0 Å². The van der Waals surface area contributed by atoms with Gasteiger partial charge in [-0.25, -0.2) is 8.42 Å². The molecular formula is C11H24O3S. The topological polar surface area (TPSA) is 54.4 Å². The lowest BCUT2D eigenvalue weighted by Gasteiger charge is -2.29. The predicted octanol–water partition coefficient (Wildman–Crippen LogP) is 2.00. The molecule has 0 aliphatic rings. The molecule has 0 fully saturated rings. The molecule has 0 rings (SSSR count). The second-order valence-electron chi connectivity index (χ2n) is 4.21. The summed E-state index contributed by atoms with van der Waals surface area (Å²) in [5, 5.41) is 9.31. The van der Waals surface area contributed by atoms with Crippen LogP contribution in [-0.4, -0.2) is 31.6 Å². The van der Waals surface area contributed by atoms with Gasteiger partial charge in [-0.3, -0.25) is 0 Å². The number of hydrogen-bond acceptors (Lipinski definition) is 3. The Morgan fingerprint density at radius 1 is 1.13 bits per heavy atom. The molecule has 0 bridgehead atoms. The standard InChI is InChI=1S/C11H24O3S/c1-4-11(5-2,10-12)8-7-9-15(13,14)6-3/h12H,4-10H2,1-3H3. The van der Waals surface area contributed by atoms with Crippen molar-refractivity contribution in [1.82, 2.24) is 0 Å². The highest BCUT2D eigenvalue weighted by Gasteiger charge is 2.25. The van der Waals surface area contributed by atoms with Crippen molar-refractivity contribution >= 4 is 9.84 Å². The minimum atomic E-state index is -2.85. The first kappa shape index (κ1) is 14.9. The van der Waals surface area contributed by atoms with Crippen molar-refractivity contribution in [3.05, 3.63) is 0 Å². The van der Waals surface area contributed by atoms with E-state index in [2.05, 4.69) is 0 Å². The van der Waals surface area contributed by atoms with Crippen molar-refractivity contribution in [2.45, 2.75) is 46.5 Å². The summed E-state index contributed by atoms with van der Waals surface area (Å²) in [5.74, 6) is 0.475. The van der Waals surface area contributed by atoms with Gasteiger partial charge in [0.25, 0.3) is 0 Å². The van der Waals surface area contributed by atoms with E-state index in [0.717, 1.165) is 19.3 Å². The molecule has 0 saturated carbocycles. The molecule has 1 N–H and O–H groups in total. The minimum Gasteiger partial charge on any atom is -0.396 e. The summed E-state index contributed by atoms with van der Waals surface area (Å²) in [4.78, 5) is 0. The molecule has 0 saturated heterocycles. The van der Waals surface area contributed by atoms with Gasteiger partial charge in [-0.05, 0) is 31.1 Å². The van der Waals surface area contributed by atoms with Crippen LogP contribution in [0.3, 0.4) is 0 Å². The van der Waals surface area contributed by atoms with Crippen molar-refractivity contribution in [1.29, 1.82) is 0 Å². The Morgan fingerprint density at radius 2 is 1.67 bits per heavy atom. The SMILES string of the molecule is CCC(CC)(CO)CCCS(=O)(=O)CC. The third-order valence-electron chi connectivity index (χ3n) is 3.44. The van der Waals surface area contributed by atoms with Crippen molar-refractivity contribution in [3.63, 3.8) is 0 Å². The van der Waals surface area contributed by atoms with Crippen molar-refractivity contribution in [2.24, 2.45) is 5.41 Å². The third-order valence-corrected chi connectivity index (χ3v) is 5.23. The predicted molar refractivity (Wildman–Crippen MR) is 63.7 cm³/mol. The van der Waals surface area contributed by atoms with Gasteiger partial charge in [-0.1, -0.05) is 20.8 Å². The monoisotopic (exact) mass is 236 g/mol. The van der Waals surface area contributed by atoms with Crippen LogP contribution < -0.4 is 0 Å². The Hall–Kier alpha value is -0.0900. The van der Waals surface area contributed by atoms with Crippen LogP contribution in [0, 0.1) is 5.41 Å². The van der Waals surface area contributed by atoms with Crippen LogP contribution in [0.25, 0.3) is 0 Å². The number of hydrogen-bond donors (Lipinski definition) is 1. The van der Waals surface area contributed by atoms with Gasteiger partial charge in [-0.2, -0.15) is 0 Å². The van der Waals surface area contributed by atoms with Gasteiger partial charge in [-0.15, -0.1) is 0 Å². The van der Waals surface area contributed by atoms with E-state index in [1.807, 2.05) is 13.8 Å². The molecule has 3 nitrogen and oxygen atoms in total. The van der Waals surface area contributed by atoms with Gasteiger partial charge in [0.15, 0.2) is 0 Å². The molecule has 0 unspecified atom stereocenters. The lowest BCUT2D eigenvalue weighted by Crippen LogP contribution is -2.24. The maximum absolute atomic E-state index is 11.3. The normalized spacial score (nSPS) is 13.1. The van der Waals surface area contributed by atoms with E-state index in [0.29, 0.717) is 6.42 Å². The molecule has 0 aromatic carbocycles. The molecule has 0 aliphatic carbocycles. The van der Waals surface area contributed by atoms with Gasteiger partial charge >= 0.3 is 0 Å². The second kappa shape index (κ2) is 6.48. The molecule has 0 aliphatic heterocycles. The summed E-state index contributed by atoms with van der Waals surface area (Å²) in [6.45, 7) is 5.93. The zero-order valence-corrected chi connectivity index (χ0v) is 10.9. The van der Waals surface area contributed by atoms with E-state index in [1.165, 1.54) is 0 Å². The van der Waals surface area contributed by atoms with E-state index in [4.69, 9.17) is 0 Å². The molecular weight excluding hydrogens is 212 g/mol. The van der Waals surface area contributed by atoms with Crippen molar-refractivity contribution in [3.8, 4) is 0 Å². The molecule has 0 aromatic heterocycles. The molecule has 4 heteroatoms. The Labute approximate surface area is 93.8 Å². The van der Waals surface area contributed by atoms with Crippen molar-refractivity contribution in [2.75, 3.05) is 18.1 Å². The summed E-state index contributed by atoms with van der Waals surface area (Å²) >= 11 is 0. The van der Waals surface area contributed by atoms with Gasteiger partial charge in [0.05, 0.1) is 5.75 Å². The zero-order chi connectivity index (χ0) is 11.9. The van der Waals surface area contributed by atoms with Crippen LogP contribution in [-0.2, 0) is 9.84 Å². The van der Waals surface area contributed by atoms with E-state index in [9.17, 15) is 13.5 Å². The number of aliphatic hydroxyl groups is 1. The van der Waals surface area contributed by atoms with Crippen LogP contribution in [0.4, 0.5) is 0 Å². The van der Waals surface area contributed by atoms with Gasteiger partial charge in [0.1, 0.15) is 9.84 Å². The first-order valence-corrected chi connectivity index (χ1v) is 7.58. The van der Waals surface area contributed by atoms with E-state index < -0.39 is 9.84 Å². The van der Waals surface area contributed by atoms with Crippen LogP contribution in [0.2, 0.25) is 0 Å². The fourth-order valence-corrected chi connectivity index (χ4v) is 2.59. The molecule has 0 heterocycles. The van der Waals surface area contributed by atoms with Crippen molar-refractivity contribution < 1.29 is 13.5 Å². The van der Waals surface area contributed by atoms with Gasteiger partial charge < -0.3 is 5.11 Å². The molecule has 92 valence electrons. The Morgan fingerprint density at radius 3 is 2.00 bits per heavy atom. The number of sulfone groups is 1. The maximum atomic E-state index is 11.3. The smallest absolute Gasteiger partial charge is 0.150 e. The van der Waals surface area contributed by atoms with E-state index in [-0.39, 0.29) is 23.5 Å². The lowest BCUT2D eigenvalue weighted by molar-refractivity contribution is 0.105. The first-order valence-electron chi connectivity index (χ1n) is 5.76. The Bertz CT molecular complexity index is 245. The van der Waals surface area contributed by atoms with Crippen LogP contribution >= 0.6 is 0 Å². The highest BCUT2D eigenvalue weighted by atomic mass is 32.2. The maximum Gasteiger partial charge on any atom is 0.150 e. The third kappa shape index (κ3) is 4.98. The highest BCUT2D eigenvalue weighted by Crippen LogP contribution is 2.31. The van der Waals surface area contributed by atoms with E-state index in [1.54, 1.807) is 6.92 Å². The van der Waals surface area contributed by atoms with Crippen LogP contribution in [0.1, 0.15) is 46.5 Å². The molecule has 0 atom stereocenters. The summed E-state index contributed by atoms with van der Waals surface area (Å²) in [6.07, 6.45) is 3.28. The molecule has 0 amide bonds. The van der Waals surface area contributed by atoms with Crippen LogP contribution in [0.15, 0.2) is 0 Å². The number of rotatable bonds is 8. The summed E-state index contributed by atoms with van der Waals surface area (Å²) in [5.41, 5.74) is -0.0662. The summed E-state index contributed by atoms with van der Waals surface area (Å²) in [7, 11) is -2.85. The average molecular weight is 236 g/mol. The fourth-order valence-electron chi connectivity index (χ4n) is 1.72. The zero-order valence-electron chi connectivity index (χ0n) is 10.1. The number of aliphatic hydroxyl groups excluding tert-OH is 1. The molecule has 15 heavy (non-hydrogen) atoms. The van der Waals surface area contributed by atoms with Gasteiger partial charge in [0.2, 0.25) is 0 Å².